The molecule has 0 radical (unpaired) electrons. The van der Waals surface area contributed by atoms with Crippen LogP contribution in [-0.4, -0.2) is 38.1 Å². The predicted molar refractivity (Wildman–Crippen MR) is 127 cm³/mol. The summed E-state index contributed by atoms with van der Waals surface area (Å²) in [5.41, 5.74) is 5.12. The number of benzene rings is 2. The highest BCUT2D eigenvalue weighted by molar-refractivity contribution is 7.99. The van der Waals surface area contributed by atoms with Crippen molar-refractivity contribution < 1.29 is 9.84 Å². The molecule has 158 valence electrons. The monoisotopic (exact) mass is 415 g/mol. The van der Waals surface area contributed by atoms with Crippen LogP contribution in [0.15, 0.2) is 49.0 Å². The van der Waals surface area contributed by atoms with Gasteiger partial charge in [0.05, 0.1) is 6.10 Å². The van der Waals surface area contributed by atoms with Gasteiger partial charge in [-0.05, 0) is 41.3 Å². The van der Waals surface area contributed by atoms with Gasteiger partial charge in [0, 0.05) is 49.4 Å². The second kappa shape index (κ2) is 11.8. The van der Waals surface area contributed by atoms with Crippen LogP contribution >= 0.6 is 11.9 Å². The number of hydrogen-bond donors (Lipinski definition) is 4. The summed E-state index contributed by atoms with van der Waals surface area (Å²) < 4.78 is 9.03. The highest BCUT2D eigenvalue weighted by Gasteiger charge is 2.10. The second-order valence-corrected chi connectivity index (χ2v) is 7.75. The molecule has 2 aromatic carbocycles. The molecule has 0 aliphatic rings. The van der Waals surface area contributed by atoms with Crippen molar-refractivity contribution in [2.75, 3.05) is 43.0 Å². The molecule has 0 saturated carbocycles. The molecule has 0 aliphatic carbocycles. The highest BCUT2D eigenvalue weighted by atomic mass is 32.2. The molecule has 29 heavy (non-hydrogen) atoms. The first kappa shape index (κ1) is 23.1. The van der Waals surface area contributed by atoms with Crippen LogP contribution in [0.25, 0.3) is 5.57 Å². The van der Waals surface area contributed by atoms with E-state index < -0.39 is 6.10 Å². The summed E-state index contributed by atoms with van der Waals surface area (Å²) in [6.45, 7) is 10.1. The van der Waals surface area contributed by atoms with Crippen molar-refractivity contribution in [3.63, 3.8) is 0 Å². The van der Waals surface area contributed by atoms with E-state index in [4.69, 9.17) is 4.74 Å². The Bertz CT molecular complexity index is 795. The minimum Gasteiger partial charge on any atom is -0.492 e. The molecule has 0 aromatic heterocycles. The Morgan fingerprint density at radius 1 is 1.21 bits per heavy atom. The first-order valence-corrected chi connectivity index (χ1v) is 11.1. The third-order valence-corrected chi connectivity index (χ3v) is 5.12. The average molecular weight is 416 g/mol. The van der Waals surface area contributed by atoms with Crippen molar-refractivity contribution in [1.29, 1.82) is 0 Å². The molecule has 4 N–H and O–H groups in total. The Balaban J connectivity index is 1.80. The molecule has 0 heterocycles. The van der Waals surface area contributed by atoms with Crippen LogP contribution < -0.4 is 20.1 Å². The zero-order valence-corrected chi connectivity index (χ0v) is 18.6. The lowest BCUT2D eigenvalue weighted by molar-refractivity contribution is 0.172. The molecule has 0 fully saturated rings. The van der Waals surface area contributed by atoms with Crippen LogP contribution in [0.1, 0.15) is 31.1 Å². The van der Waals surface area contributed by atoms with Gasteiger partial charge in [0.25, 0.3) is 0 Å². The molecule has 0 saturated heterocycles. The van der Waals surface area contributed by atoms with E-state index >= 15 is 0 Å². The van der Waals surface area contributed by atoms with Gasteiger partial charge in [0.2, 0.25) is 0 Å². The molecule has 2 aromatic rings. The van der Waals surface area contributed by atoms with Gasteiger partial charge in [-0.1, -0.05) is 44.5 Å². The Kier molecular flexibility index (Phi) is 9.38. The van der Waals surface area contributed by atoms with Crippen molar-refractivity contribution in [2.45, 2.75) is 20.0 Å². The van der Waals surface area contributed by atoms with E-state index in [1.165, 1.54) is 11.9 Å². The van der Waals surface area contributed by atoms with Crippen molar-refractivity contribution in [3.05, 3.63) is 60.2 Å². The summed E-state index contributed by atoms with van der Waals surface area (Å²) in [5.74, 6) is 1.20. The molecule has 0 amide bonds. The van der Waals surface area contributed by atoms with E-state index in [0.29, 0.717) is 25.6 Å². The molecule has 0 aliphatic heterocycles. The number of anilines is 2. The quantitative estimate of drug-likeness (QED) is 0.295. The maximum Gasteiger partial charge on any atom is 0.121 e. The van der Waals surface area contributed by atoms with Crippen LogP contribution in [0.3, 0.4) is 0 Å². The van der Waals surface area contributed by atoms with E-state index in [1.807, 2.05) is 49.7 Å². The van der Waals surface area contributed by atoms with Gasteiger partial charge in [-0.15, -0.1) is 0 Å². The lowest BCUT2D eigenvalue weighted by Crippen LogP contribution is -2.26. The summed E-state index contributed by atoms with van der Waals surface area (Å²) in [6.07, 6.45) is 1.41. The first-order chi connectivity index (χ1) is 14.0. The third-order valence-electron chi connectivity index (χ3n) is 4.68. The van der Waals surface area contributed by atoms with Crippen LogP contribution in [0, 0.1) is 5.92 Å². The molecular formula is C23H33N3O2S. The van der Waals surface area contributed by atoms with Crippen molar-refractivity contribution >= 4 is 28.9 Å². The number of nitrogens with one attached hydrogen (secondary N) is 3. The fraction of sp³-hybridized carbons (Fsp3) is 0.391. The van der Waals surface area contributed by atoms with Gasteiger partial charge in [-0.3, -0.25) is 0 Å². The fourth-order valence-electron chi connectivity index (χ4n) is 2.94. The largest absolute Gasteiger partial charge is 0.492 e. The lowest BCUT2D eigenvalue weighted by Gasteiger charge is -2.17. The molecule has 1 atom stereocenters. The topological polar surface area (TPSA) is 65.5 Å². The Hall–Kier alpha value is -2.15. The minimum atomic E-state index is -0.559. The van der Waals surface area contributed by atoms with Crippen molar-refractivity contribution in [2.24, 2.45) is 5.92 Å². The van der Waals surface area contributed by atoms with E-state index in [0.717, 1.165) is 33.8 Å². The number of allylic oxidation sites excluding steroid dienone is 1. The molecule has 6 heteroatoms. The zero-order chi connectivity index (χ0) is 21.2. The van der Waals surface area contributed by atoms with E-state index in [2.05, 4.69) is 41.8 Å². The summed E-state index contributed by atoms with van der Waals surface area (Å²) in [5, 5.41) is 16.8. The predicted octanol–water partition coefficient (Wildman–Crippen LogP) is 4.79. The molecule has 0 spiro atoms. The summed E-state index contributed by atoms with van der Waals surface area (Å²) >= 11 is 1.53. The molecule has 2 rings (SSSR count). The number of rotatable bonds is 12. The third kappa shape index (κ3) is 6.99. The van der Waals surface area contributed by atoms with Gasteiger partial charge in [-0.25, -0.2) is 0 Å². The highest BCUT2D eigenvalue weighted by Crippen LogP contribution is 2.31. The summed E-state index contributed by atoms with van der Waals surface area (Å²) in [6, 6.07) is 13.8. The van der Waals surface area contributed by atoms with Gasteiger partial charge in [0.15, 0.2) is 0 Å². The lowest BCUT2D eigenvalue weighted by atomic mass is 9.95. The Morgan fingerprint density at radius 3 is 2.69 bits per heavy atom. The second-order valence-electron chi connectivity index (χ2n) is 7.14. The summed E-state index contributed by atoms with van der Waals surface area (Å²) in [7, 11) is 1.91. The van der Waals surface area contributed by atoms with Gasteiger partial charge in [0.1, 0.15) is 12.4 Å². The molecule has 0 bridgehead atoms. The minimum absolute atomic E-state index is 0.390. The van der Waals surface area contributed by atoms with Crippen molar-refractivity contribution in [3.8, 4) is 5.75 Å². The van der Waals surface area contributed by atoms with Crippen LogP contribution in [0.5, 0.6) is 5.75 Å². The van der Waals surface area contributed by atoms with Gasteiger partial charge < -0.3 is 25.2 Å². The van der Waals surface area contributed by atoms with Gasteiger partial charge in [-0.2, -0.15) is 0 Å². The molecule has 5 nitrogen and oxygen atoms in total. The fourth-order valence-corrected chi connectivity index (χ4v) is 3.30. The van der Waals surface area contributed by atoms with E-state index in [9.17, 15) is 5.11 Å². The number of aliphatic hydroxyl groups is 1. The standard InChI is InChI=1S/C23H33N3O2S/c1-16(2)17(3)21-10-9-20(14-22(21)24-4)28-12-11-25-15-23(27)18-7-6-8-19(13-18)26-29-5/h6-10,13-14,16,23-27H,3,11-12,15H2,1-2,4-5H3/t23-/m0/s1. The summed E-state index contributed by atoms with van der Waals surface area (Å²) in [4.78, 5) is 0. The van der Waals surface area contributed by atoms with Crippen molar-refractivity contribution in [1.82, 2.24) is 5.32 Å². The number of hydrogen-bond acceptors (Lipinski definition) is 6. The smallest absolute Gasteiger partial charge is 0.121 e. The molecular weight excluding hydrogens is 382 g/mol. The van der Waals surface area contributed by atoms with Gasteiger partial charge >= 0.3 is 0 Å². The maximum absolute atomic E-state index is 10.4. The van der Waals surface area contributed by atoms with Crippen LogP contribution in [0.2, 0.25) is 0 Å². The zero-order valence-electron chi connectivity index (χ0n) is 17.8. The number of aliphatic hydroxyl groups excluding tert-OH is 1. The molecule has 0 unspecified atom stereocenters. The van der Waals surface area contributed by atoms with Crippen LogP contribution in [0.4, 0.5) is 11.4 Å². The maximum atomic E-state index is 10.4. The SMILES string of the molecule is C=C(c1ccc(OCCNC[C@H](O)c2cccc(NSC)c2)cc1NC)C(C)C. The first-order valence-electron chi connectivity index (χ1n) is 9.87. The number of ether oxygens (including phenoxy) is 1. The van der Waals surface area contributed by atoms with Crippen LogP contribution in [-0.2, 0) is 0 Å². The normalized spacial score (nSPS) is 11.9. The van der Waals surface area contributed by atoms with E-state index in [1.54, 1.807) is 0 Å². The Labute approximate surface area is 179 Å². The van der Waals surface area contributed by atoms with E-state index in [-0.39, 0.29) is 0 Å². The average Bonchev–Trinajstić information content (AvgIpc) is 2.73. The Morgan fingerprint density at radius 2 is 2.00 bits per heavy atom.